The zero-order chi connectivity index (χ0) is 24.6. The molecule has 0 bridgehead atoms. The minimum Gasteiger partial charge on any atom is -0.292 e. The number of nitrogens with zero attached hydrogens (tertiary/aromatic N) is 3. The van der Waals surface area contributed by atoms with Crippen LogP contribution in [0, 0.1) is 27.9 Å². The number of nitro groups is 1. The third-order valence-corrected chi connectivity index (χ3v) is 6.68. The van der Waals surface area contributed by atoms with Gasteiger partial charge in [0.25, 0.3) is 23.4 Å². The smallest absolute Gasteiger partial charge is 0.282 e. The highest BCUT2D eigenvalue weighted by Crippen LogP contribution is 2.41. The van der Waals surface area contributed by atoms with Crippen molar-refractivity contribution in [3.63, 3.8) is 0 Å². The Kier molecular flexibility index (Phi) is 6.47. The number of carbonyl (C=O) groups is 4. The minimum atomic E-state index is -0.969. The van der Waals surface area contributed by atoms with E-state index in [1.165, 1.54) is 42.5 Å². The molecule has 1 aliphatic heterocycles. The predicted octanol–water partition coefficient (Wildman–Crippen LogP) is 3.91. The van der Waals surface area contributed by atoms with E-state index in [1.807, 2.05) is 6.92 Å². The van der Waals surface area contributed by atoms with Crippen molar-refractivity contribution in [3.8, 4) is 0 Å². The van der Waals surface area contributed by atoms with Gasteiger partial charge in [-0.2, -0.15) is 5.01 Å². The first-order chi connectivity index (χ1) is 16.2. The summed E-state index contributed by atoms with van der Waals surface area (Å²) in [6.45, 7) is 1.36. The number of rotatable bonds is 6. The van der Waals surface area contributed by atoms with E-state index in [2.05, 4.69) is 0 Å². The number of amides is 3. The van der Waals surface area contributed by atoms with Crippen LogP contribution in [0.5, 0.6) is 0 Å². The van der Waals surface area contributed by atoms with Crippen LogP contribution in [0.15, 0.2) is 48.5 Å². The van der Waals surface area contributed by atoms with Crippen molar-refractivity contribution in [2.75, 3.05) is 6.54 Å². The SMILES string of the molecule is C[C@@H]1CC[C@@H]2C(=O)N(N(CC(=O)c3ccc(Cl)cc3)C(=O)c3ccccc3[N+](=O)[O-])C(=O)[C@@H]2C1. The summed E-state index contributed by atoms with van der Waals surface area (Å²) in [7, 11) is 0. The standard InChI is InChI=1S/C24H22ClN3O6/c1-14-6-11-17-19(12-14)24(32)27(23(17)31)26(13-21(29)15-7-9-16(25)10-8-15)22(30)18-4-2-3-5-20(18)28(33)34/h2-5,7-10,14,17,19H,6,11-13H2,1H3/t14-,17+,19-/m1/s1. The van der Waals surface area contributed by atoms with Crippen molar-refractivity contribution >= 4 is 40.8 Å². The van der Waals surface area contributed by atoms with Crippen molar-refractivity contribution in [2.24, 2.45) is 17.8 Å². The highest BCUT2D eigenvalue weighted by molar-refractivity contribution is 6.30. The van der Waals surface area contributed by atoms with E-state index in [9.17, 15) is 29.3 Å². The topological polar surface area (TPSA) is 118 Å². The van der Waals surface area contributed by atoms with E-state index in [0.717, 1.165) is 22.5 Å². The molecule has 1 aliphatic carbocycles. The van der Waals surface area contributed by atoms with Gasteiger partial charge in [-0.25, -0.2) is 5.01 Å². The largest absolute Gasteiger partial charge is 0.292 e. The molecule has 0 aromatic heterocycles. The number of carbonyl (C=O) groups excluding carboxylic acids is 4. The van der Waals surface area contributed by atoms with Gasteiger partial charge in [0.15, 0.2) is 5.78 Å². The molecule has 3 amide bonds. The number of nitro benzene ring substituents is 1. The molecule has 0 unspecified atom stereocenters. The van der Waals surface area contributed by atoms with Crippen LogP contribution in [0.3, 0.4) is 0 Å². The second-order valence-corrected chi connectivity index (χ2v) is 9.12. The van der Waals surface area contributed by atoms with Crippen LogP contribution in [0.1, 0.15) is 46.9 Å². The zero-order valence-corrected chi connectivity index (χ0v) is 19.1. The first-order valence-electron chi connectivity index (χ1n) is 10.9. The number of fused-ring (bicyclic) bond motifs is 1. The summed E-state index contributed by atoms with van der Waals surface area (Å²) in [6, 6.07) is 11.2. The molecule has 2 aromatic carbocycles. The van der Waals surface area contributed by atoms with Crippen LogP contribution in [-0.4, -0.2) is 45.0 Å². The number of Topliss-reactive ketones (excluding diaryl/α,β-unsaturated/α-hetero) is 1. The summed E-state index contributed by atoms with van der Waals surface area (Å²) >= 11 is 5.89. The molecule has 10 heteroatoms. The lowest BCUT2D eigenvalue weighted by Gasteiger charge is -2.30. The van der Waals surface area contributed by atoms with Crippen molar-refractivity contribution in [1.29, 1.82) is 0 Å². The van der Waals surface area contributed by atoms with Gasteiger partial charge in [0.2, 0.25) is 0 Å². The summed E-state index contributed by atoms with van der Waals surface area (Å²) in [5.74, 6) is -3.54. The van der Waals surface area contributed by atoms with Crippen molar-refractivity contribution in [2.45, 2.75) is 26.2 Å². The van der Waals surface area contributed by atoms with Crippen molar-refractivity contribution in [1.82, 2.24) is 10.0 Å². The number of halogens is 1. The zero-order valence-electron chi connectivity index (χ0n) is 18.3. The summed E-state index contributed by atoms with van der Waals surface area (Å²) < 4.78 is 0. The monoisotopic (exact) mass is 483 g/mol. The Balaban J connectivity index is 1.74. The van der Waals surface area contributed by atoms with E-state index < -0.39 is 52.5 Å². The maximum atomic E-state index is 13.5. The number of benzene rings is 2. The van der Waals surface area contributed by atoms with Crippen LogP contribution in [0.4, 0.5) is 5.69 Å². The molecule has 2 aliphatic rings. The molecule has 1 saturated heterocycles. The summed E-state index contributed by atoms with van der Waals surface area (Å²) in [6.07, 6.45) is 1.78. The van der Waals surface area contributed by atoms with E-state index in [-0.39, 0.29) is 17.0 Å². The average molecular weight is 484 g/mol. The molecular weight excluding hydrogens is 462 g/mol. The highest BCUT2D eigenvalue weighted by atomic mass is 35.5. The Morgan fingerprint density at radius 3 is 2.38 bits per heavy atom. The Hall–Kier alpha value is -3.59. The number of para-hydroxylation sites is 1. The van der Waals surface area contributed by atoms with Crippen LogP contribution in [-0.2, 0) is 9.59 Å². The number of hydrogen-bond donors (Lipinski definition) is 0. The number of imide groups is 1. The quantitative estimate of drug-likeness (QED) is 0.266. The van der Waals surface area contributed by atoms with Gasteiger partial charge in [-0.05, 0) is 55.5 Å². The fourth-order valence-electron chi connectivity index (χ4n) is 4.66. The normalized spacial score (nSPS) is 21.8. The lowest BCUT2D eigenvalue weighted by Crippen LogP contribution is -2.52. The van der Waals surface area contributed by atoms with Crippen LogP contribution in [0.25, 0.3) is 0 Å². The van der Waals surface area contributed by atoms with Gasteiger partial charge in [0.1, 0.15) is 12.1 Å². The van der Waals surface area contributed by atoms with Gasteiger partial charge >= 0.3 is 0 Å². The Morgan fingerprint density at radius 1 is 1.06 bits per heavy atom. The summed E-state index contributed by atoms with van der Waals surface area (Å²) in [5, 5.41) is 13.4. The Morgan fingerprint density at radius 2 is 1.71 bits per heavy atom. The first-order valence-corrected chi connectivity index (χ1v) is 11.3. The minimum absolute atomic E-state index is 0.217. The lowest BCUT2D eigenvalue weighted by molar-refractivity contribution is -0.385. The number of hydrazine groups is 1. The van der Waals surface area contributed by atoms with Crippen LogP contribution < -0.4 is 0 Å². The lowest BCUT2D eigenvalue weighted by atomic mass is 9.76. The first kappa shape index (κ1) is 23.6. The predicted molar refractivity (Wildman–Crippen MR) is 122 cm³/mol. The Bertz CT molecular complexity index is 1180. The molecule has 0 spiro atoms. The maximum Gasteiger partial charge on any atom is 0.282 e. The fourth-order valence-corrected chi connectivity index (χ4v) is 4.79. The molecule has 1 saturated carbocycles. The molecule has 34 heavy (non-hydrogen) atoms. The maximum absolute atomic E-state index is 13.5. The molecular formula is C24H22ClN3O6. The van der Waals surface area contributed by atoms with E-state index in [1.54, 1.807) is 0 Å². The van der Waals surface area contributed by atoms with E-state index >= 15 is 0 Å². The third kappa shape index (κ3) is 4.31. The average Bonchev–Trinajstić information content (AvgIpc) is 3.06. The van der Waals surface area contributed by atoms with Gasteiger partial charge < -0.3 is 0 Å². The van der Waals surface area contributed by atoms with Gasteiger partial charge in [0.05, 0.1) is 16.8 Å². The van der Waals surface area contributed by atoms with Gasteiger partial charge in [-0.1, -0.05) is 30.7 Å². The molecule has 9 nitrogen and oxygen atoms in total. The van der Waals surface area contributed by atoms with Crippen molar-refractivity contribution < 1.29 is 24.1 Å². The molecule has 2 aromatic rings. The molecule has 1 heterocycles. The number of hydrogen-bond acceptors (Lipinski definition) is 6. The van der Waals surface area contributed by atoms with E-state index in [4.69, 9.17) is 11.6 Å². The Labute approximate surface area is 200 Å². The molecule has 0 radical (unpaired) electrons. The molecule has 4 rings (SSSR count). The van der Waals surface area contributed by atoms with Crippen LogP contribution >= 0.6 is 11.6 Å². The van der Waals surface area contributed by atoms with Gasteiger partial charge in [0, 0.05) is 16.7 Å². The fraction of sp³-hybridized carbons (Fsp3) is 0.333. The molecule has 176 valence electrons. The van der Waals surface area contributed by atoms with E-state index in [0.29, 0.717) is 17.9 Å². The second-order valence-electron chi connectivity index (χ2n) is 8.69. The van der Waals surface area contributed by atoms with Gasteiger partial charge in [-0.15, -0.1) is 0 Å². The molecule has 2 fully saturated rings. The summed E-state index contributed by atoms with van der Waals surface area (Å²) in [4.78, 5) is 63.9. The van der Waals surface area contributed by atoms with Gasteiger partial charge in [-0.3, -0.25) is 29.3 Å². The second kappa shape index (κ2) is 9.34. The molecule has 0 N–H and O–H groups in total. The summed E-state index contributed by atoms with van der Waals surface area (Å²) in [5.41, 5.74) is -0.586. The van der Waals surface area contributed by atoms with Crippen molar-refractivity contribution in [3.05, 3.63) is 74.8 Å². The van der Waals surface area contributed by atoms with Crippen LogP contribution in [0.2, 0.25) is 5.02 Å². The number of ketones is 1. The highest BCUT2D eigenvalue weighted by Gasteiger charge is 2.53. The third-order valence-electron chi connectivity index (χ3n) is 6.43. The molecule has 3 atom stereocenters.